The van der Waals surface area contributed by atoms with Gasteiger partial charge in [-0.3, -0.25) is 0 Å². The minimum Gasteiger partial charge on any atom is -0.396 e. The van der Waals surface area contributed by atoms with Crippen LogP contribution >= 0.6 is 15.9 Å². The molecule has 3 rings (SSSR count). The van der Waals surface area contributed by atoms with Crippen molar-refractivity contribution in [2.45, 2.75) is 6.92 Å². The standard InChI is InChI=1S/C13H11BrN4/c1-8-2-7-11(15)13-16-12(17-18(8)13)9-3-5-10(14)6-4-9/h2-7H,15H2,1H3. The summed E-state index contributed by atoms with van der Waals surface area (Å²) < 4.78 is 2.80. The summed E-state index contributed by atoms with van der Waals surface area (Å²) >= 11 is 3.41. The normalized spacial score (nSPS) is 11.0. The second-order valence-electron chi connectivity index (χ2n) is 4.11. The van der Waals surface area contributed by atoms with Gasteiger partial charge in [0.05, 0.1) is 5.69 Å². The Morgan fingerprint density at radius 2 is 1.83 bits per heavy atom. The number of aromatic nitrogens is 3. The Morgan fingerprint density at radius 1 is 1.11 bits per heavy atom. The van der Waals surface area contributed by atoms with E-state index < -0.39 is 0 Å². The number of fused-ring (bicyclic) bond motifs is 1. The third-order valence-electron chi connectivity index (χ3n) is 2.81. The smallest absolute Gasteiger partial charge is 0.182 e. The van der Waals surface area contributed by atoms with E-state index in [1.165, 1.54) is 0 Å². The van der Waals surface area contributed by atoms with Crippen LogP contribution in [0.2, 0.25) is 0 Å². The summed E-state index contributed by atoms with van der Waals surface area (Å²) in [7, 11) is 0. The monoisotopic (exact) mass is 302 g/mol. The minimum absolute atomic E-state index is 0.636. The molecule has 2 heterocycles. The van der Waals surface area contributed by atoms with Gasteiger partial charge >= 0.3 is 0 Å². The zero-order chi connectivity index (χ0) is 12.7. The van der Waals surface area contributed by atoms with E-state index in [0.29, 0.717) is 17.2 Å². The minimum atomic E-state index is 0.636. The van der Waals surface area contributed by atoms with Gasteiger partial charge in [0.2, 0.25) is 0 Å². The molecular weight excluding hydrogens is 292 g/mol. The first kappa shape index (κ1) is 11.2. The van der Waals surface area contributed by atoms with Gasteiger partial charge in [-0.1, -0.05) is 28.1 Å². The molecule has 0 unspecified atom stereocenters. The summed E-state index contributed by atoms with van der Waals surface area (Å²) in [5, 5.41) is 4.48. The van der Waals surface area contributed by atoms with Gasteiger partial charge in [-0.15, -0.1) is 5.10 Å². The average molecular weight is 303 g/mol. The van der Waals surface area contributed by atoms with Crippen molar-refractivity contribution >= 4 is 27.3 Å². The van der Waals surface area contributed by atoms with Gasteiger partial charge in [0.25, 0.3) is 0 Å². The van der Waals surface area contributed by atoms with E-state index in [9.17, 15) is 0 Å². The number of pyridine rings is 1. The molecule has 18 heavy (non-hydrogen) atoms. The number of anilines is 1. The summed E-state index contributed by atoms with van der Waals surface area (Å²) in [4.78, 5) is 4.48. The van der Waals surface area contributed by atoms with E-state index in [4.69, 9.17) is 5.73 Å². The fourth-order valence-electron chi connectivity index (χ4n) is 1.82. The molecule has 0 saturated carbocycles. The quantitative estimate of drug-likeness (QED) is 0.751. The lowest BCUT2D eigenvalue weighted by Gasteiger charge is -1.98. The molecule has 3 aromatic rings. The van der Waals surface area contributed by atoms with Gasteiger partial charge in [-0.25, -0.2) is 9.50 Å². The van der Waals surface area contributed by atoms with Crippen LogP contribution in [0.1, 0.15) is 5.69 Å². The van der Waals surface area contributed by atoms with E-state index in [-0.39, 0.29) is 0 Å². The molecule has 2 N–H and O–H groups in total. The van der Waals surface area contributed by atoms with Crippen molar-refractivity contribution in [1.82, 2.24) is 14.6 Å². The molecule has 0 fully saturated rings. The van der Waals surface area contributed by atoms with Crippen molar-refractivity contribution in [2.24, 2.45) is 0 Å². The van der Waals surface area contributed by atoms with Crippen LogP contribution in [-0.4, -0.2) is 14.6 Å². The Bertz CT molecular complexity index is 677. The molecule has 0 atom stereocenters. The Hall–Kier alpha value is -1.88. The lowest BCUT2D eigenvalue weighted by atomic mass is 10.2. The van der Waals surface area contributed by atoms with Gasteiger partial charge in [0, 0.05) is 15.7 Å². The van der Waals surface area contributed by atoms with E-state index >= 15 is 0 Å². The van der Waals surface area contributed by atoms with Crippen LogP contribution in [0.3, 0.4) is 0 Å². The number of halogens is 1. The zero-order valence-corrected chi connectivity index (χ0v) is 11.3. The Balaban J connectivity index is 2.22. The molecule has 5 heteroatoms. The Labute approximate surface area is 113 Å². The molecule has 1 aromatic carbocycles. The van der Waals surface area contributed by atoms with Gasteiger partial charge in [0.15, 0.2) is 11.5 Å². The summed E-state index contributed by atoms with van der Waals surface area (Å²) in [6.07, 6.45) is 0. The number of nitrogens with two attached hydrogens (primary N) is 1. The third kappa shape index (κ3) is 1.76. The topological polar surface area (TPSA) is 56.2 Å². The number of hydrogen-bond acceptors (Lipinski definition) is 3. The van der Waals surface area contributed by atoms with Crippen molar-refractivity contribution in [1.29, 1.82) is 0 Å². The molecule has 4 nitrogen and oxygen atoms in total. The van der Waals surface area contributed by atoms with E-state index in [1.807, 2.05) is 43.3 Å². The fraction of sp³-hybridized carbons (Fsp3) is 0.0769. The SMILES string of the molecule is Cc1ccc(N)c2nc(-c3ccc(Br)cc3)nn12. The van der Waals surface area contributed by atoms with Crippen LogP contribution in [0.25, 0.3) is 17.0 Å². The number of hydrogen-bond donors (Lipinski definition) is 1. The predicted octanol–water partition coefficient (Wildman–Crippen LogP) is 3.05. The zero-order valence-electron chi connectivity index (χ0n) is 9.76. The van der Waals surface area contributed by atoms with Crippen LogP contribution in [0.5, 0.6) is 0 Å². The maximum Gasteiger partial charge on any atom is 0.182 e. The highest BCUT2D eigenvalue weighted by Crippen LogP contribution is 2.21. The molecule has 0 aliphatic rings. The molecular formula is C13H11BrN4. The first-order chi connectivity index (χ1) is 8.65. The maximum absolute atomic E-state index is 5.91. The van der Waals surface area contributed by atoms with Crippen LogP contribution in [-0.2, 0) is 0 Å². The van der Waals surface area contributed by atoms with Crippen molar-refractivity contribution in [3.05, 3.63) is 46.6 Å². The molecule has 0 spiro atoms. The molecule has 0 amide bonds. The summed E-state index contributed by atoms with van der Waals surface area (Å²) in [5.74, 6) is 0.684. The molecule has 2 aromatic heterocycles. The molecule has 0 bridgehead atoms. The largest absolute Gasteiger partial charge is 0.396 e. The lowest BCUT2D eigenvalue weighted by Crippen LogP contribution is -1.97. The maximum atomic E-state index is 5.91. The third-order valence-corrected chi connectivity index (χ3v) is 3.33. The van der Waals surface area contributed by atoms with Gasteiger partial charge < -0.3 is 5.73 Å². The number of rotatable bonds is 1. The van der Waals surface area contributed by atoms with Crippen molar-refractivity contribution < 1.29 is 0 Å². The molecule has 0 saturated heterocycles. The van der Waals surface area contributed by atoms with Gasteiger partial charge in [-0.2, -0.15) is 0 Å². The molecule has 90 valence electrons. The van der Waals surface area contributed by atoms with Gasteiger partial charge in [0.1, 0.15) is 0 Å². The van der Waals surface area contributed by atoms with E-state index in [0.717, 1.165) is 15.7 Å². The number of nitrogen functional groups attached to an aromatic ring is 1. The molecule has 0 aliphatic carbocycles. The number of nitrogens with zero attached hydrogens (tertiary/aromatic N) is 3. The van der Waals surface area contributed by atoms with Crippen LogP contribution < -0.4 is 5.73 Å². The fourth-order valence-corrected chi connectivity index (χ4v) is 2.09. The van der Waals surface area contributed by atoms with Gasteiger partial charge in [-0.05, 0) is 31.2 Å². The highest BCUT2D eigenvalue weighted by molar-refractivity contribution is 9.10. The first-order valence-electron chi connectivity index (χ1n) is 5.53. The Morgan fingerprint density at radius 3 is 2.50 bits per heavy atom. The van der Waals surface area contributed by atoms with Crippen molar-refractivity contribution in [2.75, 3.05) is 5.73 Å². The highest BCUT2D eigenvalue weighted by atomic mass is 79.9. The molecule has 0 aliphatic heterocycles. The second-order valence-corrected chi connectivity index (χ2v) is 5.02. The van der Waals surface area contributed by atoms with Crippen molar-refractivity contribution in [3.63, 3.8) is 0 Å². The van der Waals surface area contributed by atoms with Crippen LogP contribution in [0.4, 0.5) is 5.69 Å². The summed E-state index contributed by atoms with van der Waals surface area (Å²) in [6.45, 7) is 1.98. The van der Waals surface area contributed by atoms with Crippen LogP contribution in [0, 0.1) is 6.92 Å². The summed E-state index contributed by atoms with van der Waals surface area (Å²) in [6, 6.07) is 11.7. The van der Waals surface area contributed by atoms with Crippen LogP contribution in [0.15, 0.2) is 40.9 Å². The predicted molar refractivity (Wildman–Crippen MR) is 75.3 cm³/mol. The Kier molecular flexibility index (Phi) is 2.56. The molecule has 0 radical (unpaired) electrons. The average Bonchev–Trinajstić information content (AvgIpc) is 2.81. The number of benzene rings is 1. The highest BCUT2D eigenvalue weighted by Gasteiger charge is 2.09. The first-order valence-corrected chi connectivity index (χ1v) is 6.32. The second kappa shape index (κ2) is 4.10. The van der Waals surface area contributed by atoms with E-state index in [1.54, 1.807) is 4.52 Å². The summed E-state index contributed by atoms with van der Waals surface area (Å²) in [5.41, 5.74) is 9.23. The number of aryl methyl sites for hydroxylation is 1. The van der Waals surface area contributed by atoms with E-state index in [2.05, 4.69) is 26.0 Å². The lowest BCUT2D eigenvalue weighted by molar-refractivity contribution is 0.920. The van der Waals surface area contributed by atoms with Crippen molar-refractivity contribution in [3.8, 4) is 11.4 Å².